The van der Waals surface area contributed by atoms with Crippen molar-refractivity contribution in [3.05, 3.63) is 16.9 Å². The van der Waals surface area contributed by atoms with E-state index in [9.17, 15) is 4.79 Å². The zero-order valence-corrected chi connectivity index (χ0v) is 6.67. The number of carboxylic acid groups (broad SMARTS) is 1. The molecule has 0 saturated heterocycles. The quantitative estimate of drug-likeness (QED) is 0.718. The minimum absolute atomic E-state index is 0.125. The topological polar surface area (TPSA) is 55.1 Å². The predicted molar refractivity (Wildman–Crippen MR) is 39.6 cm³/mol. The average molecular weight is 175 g/mol. The number of hydrogen-bond acceptors (Lipinski definition) is 2. The van der Waals surface area contributed by atoms with Crippen LogP contribution < -0.4 is 0 Å². The molecule has 0 aromatic carbocycles. The molecular formula is C6H7ClN2O2. The van der Waals surface area contributed by atoms with Crippen LogP contribution in [0.15, 0.2) is 6.20 Å². The van der Waals surface area contributed by atoms with E-state index in [1.54, 1.807) is 13.2 Å². The molecule has 60 valence electrons. The van der Waals surface area contributed by atoms with Crippen molar-refractivity contribution in [1.29, 1.82) is 0 Å². The second kappa shape index (κ2) is 2.92. The number of carboxylic acids is 1. The molecule has 1 rings (SSSR count). The summed E-state index contributed by atoms with van der Waals surface area (Å²) in [7, 11) is 1.69. The fourth-order valence-electron chi connectivity index (χ4n) is 0.769. The molecule has 5 heteroatoms. The molecule has 0 bridgehead atoms. The number of aryl methyl sites for hydroxylation is 1. The van der Waals surface area contributed by atoms with Crippen LogP contribution in [0.2, 0.25) is 5.02 Å². The second-order valence-corrected chi connectivity index (χ2v) is 2.58. The summed E-state index contributed by atoms with van der Waals surface area (Å²) in [5, 5.41) is 12.6. The van der Waals surface area contributed by atoms with Gasteiger partial charge in [-0.2, -0.15) is 5.10 Å². The van der Waals surface area contributed by atoms with Crippen molar-refractivity contribution < 1.29 is 9.90 Å². The number of aliphatic carboxylic acids is 1. The zero-order valence-electron chi connectivity index (χ0n) is 5.91. The van der Waals surface area contributed by atoms with Gasteiger partial charge in [0.2, 0.25) is 0 Å². The number of hydrogen-bond donors (Lipinski definition) is 1. The molecule has 0 amide bonds. The van der Waals surface area contributed by atoms with Gasteiger partial charge in [0.25, 0.3) is 0 Å². The Labute approximate surface area is 68.4 Å². The number of rotatable bonds is 2. The monoisotopic (exact) mass is 174 g/mol. The highest BCUT2D eigenvalue weighted by Gasteiger charge is 2.08. The first-order valence-corrected chi connectivity index (χ1v) is 3.37. The van der Waals surface area contributed by atoms with Crippen LogP contribution >= 0.6 is 11.6 Å². The fraction of sp³-hybridized carbons (Fsp3) is 0.333. The standard InChI is InChI=1S/C6H7ClN2O2/c1-9-3-4(7)5(8-9)2-6(10)11/h3H,2H2,1H3,(H,10,11). The summed E-state index contributed by atoms with van der Waals surface area (Å²) in [4.78, 5) is 10.2. The third kappa shape index (κ3) is 1.94. The molecular weight excluding hydrogens is 168 g/mol. The van der Waals surface area contributed by atoms with E-state index in [0.29, 0.717) is 10.7 Å². The van der Waals surface area contributed by atoms with Crippen LogP contribution in [-0.2, 0) is 18.3 Å². The summed E-state index contributed by atoms with van der Waals surface area (Å²) in [5.74, 6) is -0.925. The molecule has 1 aromatic rings. The van der Waals surface area contributed by atoms with Crippen molar-refractivity contribution in [2.24, 2.45) is 7.05 Å². The molecule has 1 aromatic heterocycles. The van der Waals surface area contributed by atoms with Crippen molar-refractivity contribution in [3.8, 4) is 0 Å². The van der Waals surface area contributed by atoms with Gasteiger partial charge in [0.1, 0.15) is 0 Å². The highest BCUT2D eigenvalue weighted by atomic mass is 35.5. The van der Waals surface area contributed by atoms with E-state index in [1.165, 1.54) is 4.68 Å². The Kier molecular flexibility index (Phi) is 2.14. The number of nitrogens with zero attached hydrogens (tertiary/aromatic N) is 2. The van der Waals surface area contributed by atoms with E-state index in [4.69, 9.17) is 16.7 Å². The van der Waals surface area contributed by atoms with Gasteiger partial charge in [0.15, 0.2) is 0 Å². The van der Waals surface area contributed by atoms with E-state index in [-0.39, 0.29) is 6.42 Å². The molecule has 0 radical (unpaired) electrons. The van der Waals surface area contributed by atoms with E-state index in [1.807, 2.05) is 0 Å². The first-order chi connectivity index (χ1) is 5.09. The lowest BCUT2D eigenvalue weighted by Crippen LogP contribution is -2.01. The minimum Gasteiger partial charge on any atom is -0.481 e. The van der Waals surface area contributed by atoms with Crippen molar-refractivity contribution in [3.63, 3.8) is 0 Å². The lowest BCUT2D eigenvalue weighted by atomic mass is 10.3. The lowest BCUT2D eigenvalue weighted by molar-refractivity contribution is -0.136. The highest BCUT2D eigenvalue weighted by Crippen LogP contribution is 2.13. The van der Waals surface area contributed by atoms with Crippen molar-refractivity contribution >= 4 is 17.6 Å². The smallest absolute Gasteiger partial charge is 0.309 e. The fourth-order valence-corrected chi connectivity index (χ4v) is 1.01. The summed E-state index contributed by atoms with van der Waals surface area (Å²) >= 11 is 5.64. The maximum Gasteiger partial charge on any atom is 0.309 e. The Morgan fingerprint density at radius 1 is 1.91 bits per heavy atom. The SMILES string of the molecule is Cn1cc(Cl)c(CC(=O)O)n1. The van der Waals surface area contributed by atoms with Gasteiger partial charge in [0.05, 0.1) is 17.1 Å². The minimum atomic E-state index is -0.925. The normalized spacial score (nSPS) is 10.0. The molecule has 4 nitrogen and oxygen atoms in total. The second-order valence-electron chi connectivity index (χ2n) is 2.17. The Morgan fingerprint density at radius 2 is 2.55 bits per heavy atom. The maximum atomic E-state index is 10.2. The van der Waals surface area contributed by atoms with E-state index < -0.39 is 5.97 Å². The molecule has 0 atom stereocenters. The van der Waals surface area contributed by atoms with Crippen LogP contribution in [0.1, 0.15) is 5.69 Å². The van der Waals surface area contributed by atoms with Crippen molar-refractivity contribution in [1.82, 2.24) is 9.78 Å². The maximum absolute atomic E-state index is 10.2. The molecule has 0 saturated carbocycles. The molecule has 0 fully saturated rings. The van der Waals surface area contributed by atoms with Gasteiger partial charge in [-0.15, -0.1) is 0 Å². The van der Waals surface area contributed by atoms with Gasteiger partial charge in [-0.3, -0.25) is 9.48 Å². The van der Waals surface area contributed by atoms with Gasteiger partial charge in [-0.1, -0.05) is 11.6 Å². The van der Waals surface area contributed by atoms with E-state index >= 15 is 0 Å². The van der Waals surface area contributed by atoms with Crippen molar-refractivity contribution in [2.75, 3.05) is 0 Å². The molecule has 1 N–H and O–H groups in total. The van der Waals surface area contributed by atoms with E-state index in [0.717, 1.165) is 0 Å². The number of carbonyl (C=O) groups is 1. The summed E-state index contributed by atoms with van der Waals surface area (Å²) in [5.41, 5.74) is 0.404. The predicted octanol–water partition coefficient (Wildman–Crippen LogP) is 0.701. The summed E-state index contributed by atoms with van der Waals surface area (Å²) in [6.07, 6.45) is 1.44. The summed E-state index contributed by atoms with van der Waals surface area (Å²) < 4.78 is 1.49. The molecule has 11 heavy (non-hydrogen) atoms. The van der Waals surface area contributed by atoms with Crippen LogP contribution in [-0.4, -0.2) is 20.9 Å². The largest absolute Gasteiger partial charge is 0.481 e. The van der Waals surface area contributed by atoms with Crippen LogP contribution in [0.25, 0.3) is 0 Å². The first kappa shape index (κ1) is 8.07. The Bertz CT molecular complexity index is 282. The Balaban J connectivity index is 2.85. The number of halogens is 1. The molecule has 0 aliphatic heterocycles. The number of aromatic nitrogens is 2. The van der Waals surface area contributed by atoms with Crippen LogP contribution in [0.4, 0.5) is 0 Å². The van der Waals surface area contributed by atoms with Gasteiger partial charge >= 0.3 is 5.97 Å². The lowest BCUT2D eigenvalue weighted by Gasteiger charge is -1.88. The third-order valence-corrected chi connectivity index (χ3v) is 1.49. The summed E-state index contributed by atoms with van der Waals surface area (Å²) in [6.45, 7) is 0. The molecule has 0 unspecified atom stereocenters. The molecule has 1 heterocycles. The molecule has 0 aliphatic rings. The van der Waals surface area contributed by atoms with Crippen LogP contribution in [0, 0.1) is 0 Å². The zero-order chi connectivity index (χ0) is 8.43. The first-order valence-electron chi connectivity index (χ1n) is 2.99. The Hall–Kier alpha value is -1.03. The average Bonchev–Trinajstić information content (AvgIpc) is 2.09. The van der Waals surface area contributed by atoms with Gasteiger partial charge in [0, 0.05) is 13.2 Å². The van der Waals surface area contributed by atoms with Crippen molar-refractivity contribution in [2.45, 2.75) is 6.42 Å². The van der Waals surface area contributed by atoms with Gasteiger partial charge in [-0.25, -0.2) is 0 Å². The van der Waals surface area contributed by atoms with Crippen LogP contribution in [0.3, 0.4) is 0 Å². The molecule has 0 aliphatic carbocycles. The van der Waals surface area contributed by atoms with Gasteiger partial charge < -0.3 is 5.11 Å². The molecule has 0 spiro atoms. The van der Waals surface area contributed by atoms with E-state index in [2.05, 4.69) is 5.10 Å². The third-order valence-electron chi connectivity index (χ3n) is 1.17. The Morgan fingerprint density at radius 3 is 2.91 bits per heavy atom. The highest BCUT2D eigenvalue weighted by molar-refractivity contribution is 6.31. The summed E-state index contributed by atoms with van der Waals surface area (Å²) in [6, 6.07) is 0. The van der Waals surface area contributed by atoms with Crippen LogP contribution in [0.5, 0.6) is 0 Å². The van der Waals surface area contributed by atoms with Gasteiger partial charge in [-0.05, 0) is 0 Å².